The predicted molar refractivity (Wildman–Crippen MR) is 107 cm³/mol. The first kappa shape index (κ1) is 19.3. The van der Waals surface area contributed by atoms with E-state index in [0.29, 0.717) is 23.4 Å². The molecule has 1 aromatic carbocycles. The van der Waals surface area contributed by atoms with E-state index in [1.165, 1.54) is 12.0 Å². The molecule has 4 amide bonds. The number of aryl methyl sites for hydroxylation is 1. The van der Waals surface area contributed by atoms with Crippen molar-refractivity contribution in [2.45, 2.75) is 19.0 Å². The zero-order valence-electron chi connectivity index (χ0n) is 16.4. The van der Waals surface area contributed by atoms with E-state index >= 15 is 0 Å². The van der Waals surface area contributed by atoms with Crippen LogP contribution in [0.25, 0.3) is 0 Å². The number of imide groups is 1. The number of hydrogen-bond donors (Lipinski definition) is 3. The number of ether oxygens (including phenoxy) is 1. The van der Waals surface area contributed by atoms with Gasteiger partial charge in [-0.2, -0.15) is 0 Å². The Bertz CT molecular complexity index is 1150. The van der Waals surface area contributed by atoms with Crippen LogP contribution >= 0.6 is 0 Å². The van der Waals surface area contributed by atoms with Crippen LogP contribution < -0.4 is 21.1 Å². The molecule has 0 spiro atoms. The molecule has 152 valence electrons. The molecule has 0 unspecified atom stereocenters. The van der Waals surface area contributed by atoms with E-state index in [2.05, 4.69) is 27.5 Å². The van der Waals surface area contributed by atoms with Gasteiger partial charge in [-0.05, 0) is 36.2 Å². The summed E-state index contributed by atoms with van der Waals surface area (Å²) in [6, 6.07) is 6.29. The number of aromatic nitrogens is 1. The van der Waals surface area contributed by atoms with E-state index in [4.69, 9.17) is 10.5 Å². The quantitative estimate of drug-likeness (QED) is 0.506. The smallest absolute Gasteiger partial charge is 0.323 e. The Labute approximate surface area is 172 Å². The minimum Gasteiger partial charge on any atom is -0.497 e. The number of hydrogen-bond acceptors (Lipinski definition) is 6. The average molecular weight is 405 g/mol. The second-order valence-electron chi connectivity index (χ2n) is 7.19. The molecule has 1 atom stereocenters. The van der Waals surface area contributed by atoms with Gasteiger partial charge in [-0.25, -0.2) is 9.78 Å². The summed E-state index contributed by atoms with van der Waals surface area (Å²) in [6.45, 7) is 2.01. The normalized spacial score (nSPS) is 19.7. The first-order valence-corrected chi connectivity index (χ1v) is 9.16. The molecule has 4 rings (SSSR count). The summed E-state index contributed by atoms with van der Waals surface area (Å²) in [4.78, 5) is 43.0. The molecule has 2 aliphatic heterocycles. The average Bonchev–Trinajstić information content (AvgIpc) is 3.18. The molecule has 0 saturated carbocycles. The van der Waals surface area contributed by atoms with E-state index in [9.17, 15) is 14.4 Å². The summed E-state index contributed by atoms with van der Waals surface area (Å²) in [5.41, 5.74) is 6.85. The highest BCUT2D eigenvalue weighted by Crippen LogP contribution is 2.28. The van der Waals surface area contributed by atoms with Gasteiger partial charge in [0.15, 0.2) is 0 Å². The van der Waals surface area contributed by atoms with Gasteiger partial charge in [0.1, 0.15) is 11.6 Å². The highest BCUT2D eigenvalue weighted by molar-refractivity contribution is 6.10. The van der Waals surface area contributed by atoms with Gasteiger partial charge in [0.05, 0.1) is 19.2 Å². The standard InChI is InChI=1S/C21H19N5O4/c1-12-7-13(17(22)23-9-12)5-6-21(19(28)24-20(29)25-21)11-26-10-14-3-4-15(30-2)8-16(14)18(26)27/h3-4,7-9H,10-11H2,1-2H3,(H2,22,23)(H2,24,25,28,29)/t21-/m1/s1. The molecular formula is C21H19N5O4. The fraction of sp³-hybridized carbons (Fsp3) is 0.238. The summed E-state index contributed by atoms with van der Waals surface area (Å²) in [6.07, 6.45) is 1.61. The lowest BCUT2D eigenvalue weighted by Crippen LogP contribution is -2.54. The Balaban J connectivity index is 1.67. The summed E-state index contributed by atoms with van der Waals surface area (Å²) in [7, 11) is 1.52. The molecule has 1 aromatic heterocycles. The SMILES string of the molecule is COc1ccc2c(c1)C(=O)N(C[C@@]1(C#Cc3cc(C)cnc3N)NC(=O)NC1=O)C2. The first-order valence-electron chi connectivity index (χ1n) is 9.16. The van der Waals surface area contributed by atoms with Gasteiger partial charge in [-0.1, -0.05) is 17.9 Å². The van der Waals surface area contributed by atoms with Crippen molar-refractivity contribution in [2.75, 3.05) is 19.4 Å². The lowest BCUT2D eigenvalue weighted by atomic mass is 9.99. The van der Waals surface area contributed by atoms with Gasteiger partial charge < -0.3 is 20.7 Å². The Morgan fingerprint density at radius 2 is 2.10 bits per heavy atom. The van der Waals surface area contributed by atoms with Gasteiger partial charge in [0.2, 0.25) is 5.54 Å². The van der Waals surface area contributed by atoms with E-state index < -0.39 is 17.5 Å². The number of amides is 4. The number of fused-ring (bicyclic) bond motifs is 1. The second-order valence-corrected chi connectivity index (χ2v) is 7.19. The highest BCUT2D eigenvalue weighted by atomic mass is 16.5. The van der Waals surface area contributed by atoms with Crippen molar-refractivity contribution in [3.05, 3.63) is 52.7 Å². The largest absolute Gasteiger partial charge is 0.497 e. The number of carbonyl (C=O) groups is 3. The van der Waals surface area contributed by atoms with Gasteiger partial charge in [-0.15, -0.1) is 0 Å². The molecule has 1 fully saturated rings. The maximum atomic E-state index is 12.9. The molecule has 2 aromatic rings. The molecule has 0 aliphatic carbocycles. The lowest BCUT2D eigenvalue weighted by Gasteiger charge is -2.26. The number of rotatable bonds is 3. The molecule has 3 heterocycles. The molecule has 0 radical (unpaired) electrons. The Hall–Kier alpha value is -4.06. The van der Waals surface area contributed by atoms with Crippen LogP contribution in [0, 0.1) is 18.8 Å². The number of methoxy groups -OCH3 is 1. The third kappa shape index (κ3) is 3.28. The zero-order chi connectivity index (χ0) is 21.5. The molecule has 9 nitrogen and oxygen atoms in total. The van der Waals surface area contributed by atoms with Crippen LogP contribution in [0.2, 0.25) is 0 Å². The Morgan fingerprint density at radius 1 is 1.30 bits per heavy atom. The van der Waals surface area contributed by atoms with Crippen LogP contribution in [0.4, 0.5) is 10.6 Å². The third-order valence-corrected chi connectivity index (χ3v) is 5.03. The second kappa shape index (κ2) is 7.08. The van der Waals surface area contributed by atoms with Crippen LogP contribution in [0.5, 0.6) is 5.75 Å². The highest BCUT2D eigenvalue weighted by Gasteiger charge is 2.48. The van der Waals surface area contributed by atoms with Crippen molar-refractivity contribution in [3.8, 4) is 17.6 Å². The Kier molecular flexibility index (Phi) is 4.54. The van der Waals surface area contributed by atoms with Crippen molar-refractivity contribution in [3.63, 3.8) is 0 Å². The Morgan fingerprint density at radius 3 is 2.80 bits per heavy atom. The van der Waals surface area contributed by atoms with E-state index in [0.717, 1.165) is 11.1 Å². The van der Waals surface area contributed by atoms with Gasteiger partial charge >= 0.3 is 6.03 Å². The fourth-order valence-corrected chi connectivity index (χ4v) is 3.47. The molecule has 30 heavy (non-hydrogen) atoms. The van der Waals surface area contributed by atoms with Crippen LogP contribution in [-0.2, 0) is 11.3 Å². The number of nitrogens with one attached hydrogen (secondary N) is 2. The first-order chi connectivity index (χ1) is 14.3. The van der Waals surface area contributed by atoms with Gasteiger partial charge in [0.25, 0.3) is 11.8 Å². The molecule has 4 N–H and O–H groups in total. The maximum absolute atomic E-state index is 12.9. The summed E-state index contributed by atoms with van der Waals surface area (Å²) >= 11 is 0. The number of pyridine rings is 1. The van der Waals surface area contributed by atoms with Crippen molar-refractivity contribution >= 4 is 23.7 Å². The van der Waals surface area contributed by atoms with E-state index in [1.54, 1.807) is 30.5 Å². The number of nitrogens with zero attached hydrogens (tertiary/aromatic N) is 2. The third-order valence-electron chi connectivity index (χ3n) is 5.03. The minimum atomic E-state index is -1.60. The van der Waals surface area contributed by atoms with Gasteiger partial charge in [-0.3, -0.25) is 14.9 Å². The summed E-state index contributed by atoms with van der Waals surface area (Å²) in [5.74, 6) is 5.55. The summed E-state index contributed by atoms with van der Waals surface area (Å²) in [5, 5.41) is 4.77. The maximum Gasteiger partial charge on any atom is 0.323 e. The van der Waals surface area contributed by atoms with Crippen LogP contribution in [0.1, 0.15) is 27.0 Å². The topological polar surface area (TPSA) is 127 Å². The minimum absolute atomic E-state index is 0.119. The van der Waals surface area contributed by atoms with Crippen molar-refractivity contribution < 1.29 is 19.1 Å². The van der Waals surface area contributed by atoms with Crippen LogP contribution in [0.3, 0.4) is 0 Å². The molecular weight excluding hydrogens is 386 g/mol. The number of anilines is 1. The van der Waals surface area contributed by atoms with Crippen molar-refractivity contribution in [1.82, 2.24) is 20.5 Å². The zero-order valence-corrected chi connectivity index (χ0v) is 16.4. The van der Waals surface area contributed by atoms with E-state index in [1.807, 2.05) is 6.92 Å². The lowest BCUT2D eigenvalue weighted by molar-refractivity contribution is -0.122. The number of nitrogen functional groups attached to an aromatic ring is 1. The number of benzene rings is 1. The molecule has 0 bridgehead atoms. The van der Waals surface area contributed by atoms with Crippen molar-refractivity contribution in [1.29, 1.82) is 0 Å². The van der Waals surface area contributed by atoms with Crippen LogP contribution in [0.15, 0.2) is 30.5 Å². The van der Waals surface area contributed by atoms with Crippen LogP contribution in [-0.4, -0.2) is 46.9 Å². The molecule has 9 heteroatoms. The van der Waals surface area contributed by atoms with E-state index in [-0.39, 0.29) is 18.3 Å². The molecule has 1 saturated heterocycles. The summed E-state index contributed by atoms with van der Waals surface area (Å²) < 4.78 is 5.18. The van der Waals surface area contributed by atoms with Crippen molar-refractivity contribution in [2.24, 2.45) is 0 Å². The molecule has 2 aliphatic rings. The monoisotopic (exact) mass is 405 g/mol. The predicted octanol–water partition coefficient (Wildman–Crippen LogP) is 0.567. The number of carbonyl (C=O) groups excluding carboxylic acids is 3. The van der Waals surface area contributed by atoms with Gasteiger partial charge in [0, 0.05) is 18.3 Å². The number of nitrogens with two attached hydrogens (primary N) is 1. The number of urea groups is 1. The fourth-order valence-electron chi connectivity index (χ4n) is 3.47.